The molecule has 1 rings (SSSR count). The molecule has 0 fully saturated rings. The molecular formula is C8H10BrClN2O. The summed E-state index contributed by atoms with van der Waals surface area (Å²) in [6, 6.07) is 1.61. The van der Waals surface area contributed by atoms with Crippen molar-refractivity contribution in [3.05, 3.63) is 27.5 Å². The molecule has 0 aromatic carbocycles. The quantitative estimate of drug-likeness (QED) is 0.852. The van der Waals surface area contributed by atoms with Gasteiger partial charge in [0.15, 0.2) is 0 Å². The van der Waals surface area contributed by atoms with Gasteiger partial charge in [-0.3, -0.25) is 0 Å². The standard InChI is InChI=1S/C8H10BrClN2O/c1-13-4-7(11)6-2-5(9)3-12-8(6)10/h2-3,7H,4,11H2,1H3/t7-/m1/s1. The minimum atomic E-state index is -0.234. The first-order valence-corrected chi connectivity index (χ1v) is 4.87. The van der Waals surface area contributed by atoms with E-state index in [1.807, 2.05) is 6.07 Å². The van der Waals surface area contributed by atoms with E-state index in [-0.39, 0.29) is 6.04 Å². The first kappa shape index (κ1) is 10.9. The molecule has 72 valence electrons. The molecule has 0 aliphatic heterocycles. The van der Waals surface area contributed by atoms with E-state index in [0.717, 1.165) is 10.0 Å². The average molecular weight is 266 g/mol. The van der Waals surface area contributed by atoms with Gasteiger partial charge in [0.25, 0.3) is 0 Å². The Morgan fingerprint density at radius 3 is 3.08 bits per heavy atom. The van der Waals surface area contributed by atoms with E-state index in [4.69, 9.17) is 22.1 Å². The zero-order valence-electron chi connectivity index (χ0n) is 7.13. The summed E-state index contributed by atoms with van der Waals surface area (Å²) < 4.78 is 5.79. The molecule has 1 atom stereocenters. The van der Waals surface area contributed by atoms with Gasteiger partial charge in [0, 0.05) is 23.3 Å². The fraction of sp³-hybridized carbons (Fsp3) is 0.375. The van der Waals surface area contributed by atoms with Crippen LogP contribution in [0.3, 0.4) is 0 Å². The molecule has 0 saturated carbocycles. The van der Waals surface area contributed by atoms with Gasteiger partial charge in [-0.2, -0.15) is 0 Å². The van der Waals surface area contributed by atoms with E-state index < -0.39 is 0 Å². The van der Waals surface area contributed by atoms with Crippen molar-refractivity contribution in [2.24, 2.45) is 5.73 Å². The average Bonchev–Trinajstić information content (AvgIpc) is 2.09. The predicted molar refractivity (Wildman–Crippen MR) is 55.8 cm³/mol. The summed E-state index contributed by atoms with van der Waals surface area (Å²) in [5, 5.41) is 0.424. The van der Waals surface area contributed by atoms with Crippen LogP contribution < -0.4 is 5.73 Å². The Morgan fingerprint density at radius 2 is 2.46 bits per heavy atom. The Bertz CT molecular complexity index is 295. The van der Waals surface area contributed by atoms with Crippen molar-refractivity contribution in [2.75, 3.05) is 13.7 Å². The molecule has 13 heavy (non-hydrogen) atoms. The van der Waals surface area contributed by atoms with Gasteiger partial charge in [-0.1, -0.05) is 11.6 Å². The van der Waals surface area contributed by atoms with E-state index in [9.17, 15) is 0 Å². The van der Waals surface area contributed by atoms with E-state index in [2.05, 4.69) is 20.9 Å². The van der Waals surface area contributed by atoms with Crippen LogP contribution in [-0.4, -0.2) is 18.7 Å². The molecule has 0 aliphatic carbocycles. The normalized spacial score (nSPS) is 12.9. The van der Waals surface area contributed by atoms with Gasteiger partial charge < -0.3 is 10.5 Å². The maximum Gasteiger partial charge on any atom is 0.133 e. The number of ether oxygens (including phenoxy) is 1. The second kappa shape index (κ2) is 4.91. The van der Waals surface area contributed by atoms with Gasteiger partial charge >= 0.3 is 0 Å². The number of hydrogen-bond donors (Lipinski definition) is 1. The SMILES string of the molecule is COC[C@@H](N)c1cc(Br)cnc1Cl. The van der Waals surface area contributed by atoms with E-state index in [0.29, 0.717) is 11.8 Å². The molecule has 0 bridgehead atoms. The van der Waals surface area contributed by atoms with Gasteiger partial charge in [-0.15, -0.1) is 0 Å². The summed E-state index contributed by atoms with van der Waals surface area (Å²) >= 11 is 9.16. The van der Waals surface area contributed by atoms with Gasteiger partial charge in [0.05, 0.1) is 12.6 Å². The first-order chi connectivity index (χ1) is 6.15. The van der Waals surface area contributed by atoms with Crippen molar-refractivity contribution in [3.8, 4) is 0 Å². The second-order valence-electron chi connectivity index (χ2n) is 2.60. The van der Waals surface area contributed by atoms with Gasteiger partial charge in [-0.25, -0.2) is 4.98 Å². The Labute approximate surface area is 90.4 Å². The molecule has 1 aromatic rings. The van der Waals surface area contributed by atoms with Crippen LogP contribution in [0.5, 0.6) is 0 Å². The van der Waals surface area contributed by atoms with Crippen LogP contribution in [0, 0.1) is 0 Å². The number of nitrogens with zero attached hydrogens (tertiary/aromatic N) is 1. The van der Waals surface area contributed by atoms with Gasteiger partial charge in [0.2, 0.25) is 0 Å². The minimum absolute atomic E-state index is 0.234. The maximum absolute atomic E-state index is 5.86. The third kappa shape index (κ3) is 2.91. The van der Waals surface area contributed by atoms with Crippen LogP contribution >= 0.6 is 27.5 Å². The molecule has 0 radical (unpaired) electrons. The fourth-order valence-corrected chi connectivity index (χ4v) is 1.56. The number of rotatable bonds is 3. The molecule has 0 spiro atoms. The van der Waals surface area contributed by atoms with Crippen molar-refractivity contribution in [1.82, 2.24) is 4.98 Å². The molecule has 0 saturated heterocycles. The van der Waals surface area contributed by atoms with Gasteiger partial charge in [0.1, 0.15) is 5.15 Å². The lowest BCUT2D eigenvalue weighted by atomic mass is 10.1. The zero-order valence-corrected chi connectivity index (χ0v) is 9.47. The highest BCUT2D eigenvalue weighted by Gasteiger charge is 2.11. The Morgan fingerprint density at radius 1 is 1.77 bits per heavy atom. The molecule has 1 heterocycles. The van der Waals surface area contributed by atoms with Crippen molar-refractivity contribution >= 4 is 27.5 Å². The van der Waals surface area contributed by atoms with Crippen molar-refractivity contribution in [1.29, 1.82) is 0 Å². The van der Waals surface area contributed by atoms with Crippen LogP contribution in [0.4, 0.5) is 0 Å². The first-order valence-electron chi connectivity index (χ1n) is 3.70. The summed E-state index contributed by atoms with van der Waals surface area (Å²) in [4.78, 5) is 3.96. The highest BCUT2D eigenvalue weighted by molar-refractivity contribution is 9.10. The largest absolute Gasteiger partial charge is 0.383 e. The summed E-state index contributed by atoms with van der Waals surface area (Å²) in [6.45, 7) is 0.428. The topological polar surface area (TPSA) is 48.1 Å². The number of hydrogen-bond acceptors (Lipinski definition) is 3. The Hall–Kier alpha value is -0.160. The third-order valence-corrected chi connectivity index (χ3v) is 2.33. The summed E-state index contributed by atoms with van der Waals surface area (Å²) in [6.07, 6.45) is 1.63. The molecule has 0 amide bonds. The molecule has 0 unspecified atom stereocenters. The zero-order chi connectivity index (χ0) is 9.84. The Balaban J connectivity index is 2.91. The third-order valence-electron chi connectivity index (χ3n) is 1.58. The molecular weight excluding hydrogens is 255 g/mol. The molecule has 5 heteroatoms. The minimum Gasteiger partial charge on any atom is -0.383 e. The highest BCUT2D eigenvalue weighted by Crippen LogP contribution is 2.22. The Kier molecular flexibility index (Phi) is 4.12. The number of pyridine rings is 1. The van der Waals surface area contributed by atoms with Crippen molar-refractivity contribution in [3.63, 3.8) is 0 Å². The summed E-state index contributed by atoms with van der Waals surface area (Å²) in [5.74, 6) is 0. The highest BCUT2D eigenvalue weighted by atomic mass is 79.9. The summed E-state index contributed by atoms with van der Waals surface area (Å²) in [5.41, 5.74) is 6.59. The number of methoxy groups -OCH3 is 1. The van der Waals surface area contributed by atoms with Crippen molar-refractivity contribution in [2.45, 2.75) is 6.04 Å². The number of nitrogens with two attached hydrogens (primary N) is 1. The maximum atomic E-state index is 5.86. The molecule has 0 aliphatic rings. The van der Waals surface area contributed by atoms with Crippen molar-refractivity contribution < 1.29 is 4.74 Å². The van der Waals surface area contributed by atoms with Crippen LogP contribution in [0.2, 0.25) is 5.15 Å². The number of aromatic nitrogens is 1. The van der Waals surface area contributed by atoms with Crippen LogP contribution in [0.1, 0.15) is 11.6 Å². The van der Waals surface area contributed by atoms with Crippen LogP contribution in [0.15, 0.2) is 16.7 Å². The lowest BCUT2D eigenvalue weighted by Gasteiger charge is -2.11. The second-order valence-corrected chi connectivity index (χ2v) is 3.87. The predicted octanol–water partition coefficient (Wildman–Crippen LogP) is 2.14. The van der Waals surface area contributed by atoms with E-state index in [1.54, 1.807) is 13.3 Å². The molecule has 2 N–H and O–H groups in total. The summed E-state index contributed by atoms with van der Waals surface area (Å²) in [7, 11) is 1.60. The monoisotopic (exact) mass is 264 g/mol. The number of halogens is 2. The fourth-order valence-electron chi connectivity index (χ4n) is 0.968. The molecule has 1 aromatic heterocycles. The van der Waals surface area contributed by atoms with E-state index >= 15 is 0 Å². The smallest absolute Gasteiger partial charge is 0.133 e. The van der Waals surface area contributed by atoms with E-state index in [1.165, 1.54) is 0 Å². The van der Waals surface area contributed by atoms with Crippen LogP contribution in [-0.2, 0) is 4.74 Å². The van der Waals surface area contributed by atoms with Crippen LogP contribution in [0.25, 0.3) is 0 Å². The van der Waals surface area contributed by atoms with Gasteiger partial charge in [-0.05, 0) is 22.0 Å². The molecule has 3 nitrogen and oxygen atoms in total. The lowest BCUT2D eigenvalue weighted by Crippen LogP contribution is -2.16. The lowest BCUT2D eigenvalue weighted by molar-refractivity contribution is 0.181.